The lowest BCUT2D eigenvalue weighted by Crippen LogP contribution is -2.09. The number of nitrogens with zero attached hydrogens (tertiary/aromatic N) is 2. The highest BCUT2D eigenvalue weighted by molar-refractivity contribution is 9.10. The number of rotatable bonds is 15. The minimum absolute atomic E-state index is 0.314. The third-order valence-corrected chi connectivity index (χ3v) is 12.8. The van der Waals surface area contributed by atoms with Gasteiger partial charge in [-0.25, -0.2) is 0 Å². The molecule has 9 heteroatoms. The molecule has 328 valence electrons. The van der Waals surface area contributed by atoms with Gasteiger partial charge in [-0.05, 0) is 140 Å². The van der Waals surface area contributed by atoms with Gasteiger partial charge < -0.3 is 18.8 Å². The van der Waals surface area contributed by atoms with Crippen LogP contribution in [0.5, 0.6) is 0 Å². The Bertz CT molecular complexity index is 2630. The third kappa shape index (κ3) is 15.0. The number of hydrogen-bond acceptors (Lipinski definition) is 6. The van der Waals surface area contributed by atoms with E-state index in [0.717, 1.165) is 54.9 Å². The van der Waals surface area contributed by atoms with Gasteiger partial charge in [-0.3, -0.25) is 9.36 Å². The fourth-order valence-corrected chi connectivity index (χ4v) is 9.37. The normalized spacial score (nSPS) is 10.8. The van der Waals surface area contributed by atoms with Gasteiger partial charge in [0, 0.05) is 48.6 Å². The molecule has 0 fully saturated rings. The second-order valence-electron chi connectivity index (χ2n) is 14.4. The van der Waals surface area contributed by atoms with E-state index in [1.54, 1.807) is 0 Å². The summed E-state index contributed by atoms with van der Waals surface area (Å²) in [5.74, 6) is 0. The lowest BCUT2D eigenvalue weighted by Gasteiger charge is -2.25. The molecule has 8 aromatic rings. The average Bonchev–Trinajstić information content (AvgIpc) is 3.34. The monoisotopic (exact) mass is 1000 g/mol. The fourth-order valence-electron chi connectivity index (χ4n) is 6.82. The maximum atomic E-state index is 12.2. The summed E-state index contributed by atoms with van der Waals surface area (Å²) in [5, 5.41) is 0. The Morgan fingerprint density at radius 1 is 0.431 bits per heavy atom. The quantitative estimate of drug-likeness (QED) is 0.0579. The van der Waals surface area contributed by atoms with Gasteiger partial charge in [-0.15, -0.1) is 0 Å². The molecule has 0 unspecified atom stereocenters. The average molecular weight is 1010 g/mol. The number of anilines is 6. The Hall–Kier alpha value is -6.12. The van der Waals surface area contributed by atoms with Crippen molar-refractivity contribution in [3.63, 3.8) is 0 Å². The van der Waals surface area contributed by atoms with Gasteiger partial charge in [-0.1, -0.05) is 153 Å². The molecule has 8 aromatic carbocycles. The molecule has 8 rings (SSSR count). The predicted octanol–water partition coefficient (Wildman–Crippen LogP) is 17.3. The summed E-state index contributed by atoms with van der Waals surface area (Å²) >= 11 is 6.90. The van der Waals surface area contributed by atoms with E-state index in [-0.39, 0.29) is 0 Å². The maximum absolute atomic E-state index is 12.2. The van der Waals surface area contributed by atoms with Gasteiger partial charge in [0.15, 0.2) is 0 Å². The van der Waals surface area contributed by atoms with E-state index in [1.165, 1.54) is 11.1 Å². The summed E-state index contributed by atoms with van der Waals surface area (Å²) in [7, 11) is -2.98. The number of carbonyl (C=O) groups excluding carboxylic acids is 1. The van der Waals surface area contributed by atoms with Gasteiger partial charge in [0.25, 0.3) is 0 Å². The first kappa shape index (κ1) is 48.3. The van der Waals surface area contributed by atoms with E-state index in [2.05, 4.69) is 163 Å². The van der Waals surface area contributed by atoms with Crippen LogP contribution in [0, 0.1) is 0 Å². The largest absolute Gasteiger partial charge is 0.335 e. The number of halogens is 2. The highest BCUT2D eigenvalue weighted by Crippen LogP contribution is 2.51. The first-order chi connectivity index (χ1) is 31.8. The molecule has 0 bridgehead atoms. The van der Waals surface area contributed by atoms with Gasteiger partial charge in [0.05, 0.1) is 19.4 Å². The van der Waals surface area contributed by atoms with E-state index >= 15 is 0 Å². The van der Waals surface area contributed by atoms with Crippen LogP contribution in [0.1, 0.15) is 40.9 Å². The second kappa shape index (κ2) is 25.4. The minimum atomic E-state index is -2.98. The van der Waals surface area contributed by atoms with Crippen LogP contribution in [0.2, 0.25) is 0 Å². The summed E-state index contributed by atoms with van der Waals surface area (Å²) in [6, 6.07) is 73.5. The van der Waals surface area contributed by atoms with Crippen molar-refractivity contribution in [1.29, 1.82) is 0 Å². The SMILES string of the molecule is Brc1cccc(C=Cc2ccc(N(c3ccccc3)c3ccccc3)cc2)c1.CCOP(=O)(Cc1cccc(Br)c1)OCC.O=Cc1ccc(N(c2ccccc2)c2ccccc2)cc1. The second-order valence-corrected chi connectivity index (χ2v) is 18.3. The van der Waals surface area contributed by atoms with Gasteiger partial charge in [-0.2, -0.15) is 0 Å². The standard InChI is InChI=1S/C26H20BrN.C19H15NO.C11H16BrO3P/c27-23-9-7-8-22(20-23)15-14-21-16-18-26(19-17-21)28(24-10-3-1-4-11-24)25-12-5-2-6-13-25;21-15-16-11-13-19(14-12-16)20(17-7-3-1-4-8-17)18-9-5-2-6-10-18;1-3-14-16(13,15-4-2)9-10-6-5-7-11(12)8-10/h1-20H;1-15H;5-8H,3-4,9H2,1-2H3. The van der Waals surface area contributed by atoms with E-state index in [9.17, 15) is 9.36 Å². The highest BCUT2D eigenvalue weighted by Gasteiger charge is 2.24. The Labute approximate surface area is 400 Å². The predicted molar refractivity (Wildman–Crippen MR) is 279 cm³/mol. The Kier molecular flexibility index (Phi) is 18.9. The lowest BCUT2D eigenvalue weighted by molar-refractivity contribution is 0.112. The van der Waals surface area contributed by atoms with Crippen LogP contribution in [0.3, 0.4) is 0 Å². The van der Waals surface area contributed by atoms with E-state index in [4.69, 9.17) is 9.05 Å². The zero-order valence-corrected chi connectivity index (χ0v) is 40.4. The van der Waals surface area contributed by atoms with Crippen LogP contribution in [-0.2, 0) is 19.8 Å². The Morgan fingerprint density at radius 3 is 1.18 bits per heavy atom. The Morgan fingerprint density at radius 2 is 0.800 bits per heavy atom. The highest BCUT2D eigenvalue weighted by atomic mass is 79.9. The van der Waals surface area contributed by atoms with Crippen LogP contribution in [-0.4, -0.2) is 19.5 Å². The van der Waals surface area contributed by atoms with Crippen molar-refractivity contribution >= 4 is 92.0 Å². The Balaban J connectivity index is 0.000000169. The van der Waals surface area contributed by atoms with Crippen molar-refractivity contribution in [1.82, 2.24) is 0 Å². The van der Waals surface area contributed by atoms with Crippen molar-refractivity contribution in [2.24, 2.45) is 0 Å². The third-order valence-electron chi connectivity index (χ3n) is 9.73. The molecular weight excluding hydrogens is 955 g/mol. The van der Waals surface area contributed by atoms with E-state index in [1.807, 2.05) is 123 Å². The van der Waals surface area contributed by atoms with E-state index in [0.29, 0.717) is 24.9 Å². The van der Waals surface area contributed by atoms with Gasteiger partial charge >= 0.3 is 7.60 Å². The molecule has 0 aliphatic rings. The summed E-state index contributed by atoms with van der Waals surface area (Å²) in [5.41, 5.74) is 10.6. The number of carbonyl (C=O) groups is 1. The topological polar surface area (TPSA) is 59.1 Å². The van der Waals surface area contributed by atoms with Crippen LogP contribution in [0.15, 0.2) is 227 Å². The summed E-state index contributed by atoms with van der Waals surface area (Å²) < 4.78 is 24.7. The van der Waals surface area contributed by atoms with Crippen LogP contribution >= 0.6 is 39.5 Å². The first-order valence-corrected chi connectivity index (χ1v) is 24.6. The molecule has 0 N–H and O–H groups in total. The zero-order chi connectivity index (χ0) is 45.7. The van der Waals surface area contributed by atoms with Crippen molar-refractivity contribution in [3.05, 3.63) is 250 Å². The molecule has 0 aromatic heterocycles. The smallest absolute Gasteiger partial charge is 0.311 e. The molecule has 0 spiro atoms. The molecular formula is C56H51Br2N2O4P. The first-order valence-electron chi connectivity index (χ1n) is 21.3. The summed E-state index contributed by atoms with van der Waals surface area (Å²) in [4.78, 5) is 15.2. The fraction of sp³-hybridized carbons (Fsp3) is 0.0893. The van der Waals surface area contributed by atoms with Crippen molar-refractivity contribution in [3.8, 4) is 0 Å². The minimum Gasteiger partial charge on any atom is -0.311 e. The zero-order valence-electron chi connectivity index (χ0n) is 36.4. The van der Waals surface area contributed by atoms with Crippen molar-refractivity contribution in [2.45, 2.75) is 20.0 Å². The van der Waals surface area contributed by atoms with Gasteiger partial charge in [0.1, 0.15) is 6.29 Å². The molecule has 6 nitrogen and oxygen atoms in total. The van der Waals surface area contributed by atoms with Gasteiger partial charge in [0.2, 0.25) is 0 Å². The van der Waals surface area contributed by atoms with Crippen LogP contribution in [0.4, 0.5) is 34.1 Å². The molecule has 0 aliphatic heterocycles. The molecule has 0 aliphatic carbocycles. The van der Waals surface area contributed by atoms with Crippen molar-refractivity contribution < 1.29 is 18.4 Å². The van der Waals surface area contributed by atoms with E-state index < -0.39 is 7.60 Å². The summed E-state index contributed by atoms with van der Waals surface area (Å²) in [6.45, 7) is 4.41. The number of para-hydroxylation sites is 4. The van der Waals surface area contributed by atoms with Crippen LogP contribution < -0.4 is 9.80 Å². The number of aldehydes is 1. The lowest BCUT2D eigenvalue weighted by atomic mass is 10.1. The molecule has 0 saturated heterocycles. The molecule has 0 radical (unpaired) electrons. The molecule has 0 saturated carbocycles. The molecule has 0 atom stereocenters. The van der Waals surface area contributed by atoms with Crippen molar-refractivity contribution in [2.75, 3.05) is 23.0 Å². The molecule has 65 heavy (non-hydrogen) atoms. The van der Waals surface area contributed by atoms with Crippen LogP contribution in [0.25, 0.3) is 12.2 Å². The summed E-state index contributed by atoms with van der Waals surface area (Å²) in [6.07, 6.45) is 5.44. The maximum Gasteiger partial charge on any atom is 0.335 e. The molecule has 0 amide bonds. The number of hydrogen-bond donors (Lipinski definition) is 0. The number of benzene rings is 8. The molecule has 0 heterocycles.